The zero-order valence-corrected chi connectivity index (χ0v) is 8.53. The van der Waals surface area contributed by atoms with Crippen LogP contribution in [0, 0.1) is 0 Å². The molecule has 7 heteroatoms. The van der Waals surface area contributed by atoms with Crippen molar-refractivity contribution < 1.29 is 18.8 Å². The molecule has 13 heavy (non-hydrogen) atoms. The molecule has 0 aliphatic carbocycles. The van der Waals surface area contributed by atoms with Gasteiger partial charge in [-0.05, 0) is 12.1 Å². The summed E-state index contributed by atoms with van der Waals surface area (Å²) in [6.45, 7) is 0. The van der Waals surface area contributed by atoms with Crippen LogP contribution in [-0.4, -0.2) is 0 Å². The van der Waals surface area contributed by atoms with Crippen molar-refractivity contribution in [2.45, 2.75) is 4.90 Å². The average molecular weight is 260 g/mol. The third-order valence-electron chi connectivity index (χ3n) is 0.837. The molecule has 0 aliphatic rings. The van der Waals surface area contributed by atoms with Crippen molar-refractivity contribution in [1.29, 1.82) is 0 Å². The minimum atomic E-state index is 0. The molecule has 0 unspecified atom stereocenters. The van der Waals surface area contributed by atoms with Crippen molar-refractivity contribution in [2.24, 2.45) is 0 Å². The standard InChI is InChI=1S/C6H4ClS.ClH.4FH/c7-5-3-1-2-4-6(5)8;;;;;/h1-4H;5*1H. The summed E-state index contributed by atoms with van der Waals surface area (Å²) in [4.78, 5) is 0.717. The van der Waals surface area contributed by atoms with Crippen molar-refractivity contribution in [3.05, 3.63) is 29.3 Å². The fourth-order valence-corrected chi connectivity index (χ4v) is 0.727. The molecule has 0 spiro atoms. The molecule has 1 aromatic rings. The van der Waals surface area contributed by atoms with Gasteiger partial charge in [-0.1, -0.05) is 36.4 Å². The second-order valence-electron chi connectivity index (χ2n) is 1.43. The Hall–Kier alpha value is -0.260. The van der Waals surface area contributed by atoms with E-state index in [9.17, 15) is 0 Å². The molecule has 0 saturated heterocycles. The average Bonchev–Trinajstić information content (AvgIpc) is 1.77. The van der Waals surface area contributed by atoms with E-state index < -0.39 is 0 Å². The van der Waals surface area contributed by atoms with Crippen LogP contribution in [0.4, 0.5) is 18.8 Å². The Balaban J connectivity index is -0.0000000427. The predicted octanol–water partition coefficient (Wildman–Crippen LogP) is 3.93. The van der Waals surface area contributed by atoms with Crippen LogP contribution in [-0.2, 0) is 0 Å². The summed E-state index contributed by atoms with van der Waals surface area (Å²) in [6, 6.07) is 7.31. The van der Waals surface area contributed by atoms with Gasteiger partial charge in [0, 0.05) is 0 Å². The lowest BCUT2D eigenvalue weighted by molar-refractivity contribution is 1.11. The Morgan fingerprint density at radius 1 is 0.923 bits per heavy atom. The molecule has 0 bridgehead atoms. The SMILES string of the molecule is Cl.F.F.F.F.[S]c1ccccc1Cl. The quantitative estimate of drug-likeness (QED) is 0.620. The van der Waals surface area contributed by atoms with Gasteiger partial charge in [-0.15, -0.1) is 12.4 Å². The lowest BCUT2D eigenvalue weighted by Gasteiger charge is -1.88. The smallest absolute Gasteiger partial charge is 0.0586 e. The van der Waals surface area contributed by atoms with Crippen molar-refractivity contribution in [3.63, 3.8) is 0 Å². The Bertz CT molecular complexity index is 179. The molecule has 1 rings (SSSR count). The minimum Gasteiger partial charge on any atom is -0.269 e. The van der Waals surface area contributed by atoms with Crippen molar-refractivity contribution in [3.8, 4) is 0 Å². The fraction of sp³-hybridized carbons (Fsp3) is 0. The Kier molecular flexibility index (Phi) is 32.2. The largest absolute Gasteiger partial charge is 0.269 e. The second-order valence-corrected chi connectivity index (χ2v) is 2.28. The van der Waals surface area contributed by atoms with Gasteiger partial charge in [0.25, 0.3) is 0 Å². The van der Waals surface area contributed by atoms with Crippen LogP contribution in [0.1, 0.15) is 0 Å². The van der Waals surface area contributed by atoms with Gasteiger partial charge in [-0.25, -0.2) is 0 Å². The first-order valence-electron chi connectivity index (χ1n) is 2.22. The Labute approximate surface area is 90.0 Å². The van der Waals surface area contributed by atoms with Crippen LogP contribution in [0.2, 0.25) is 5.02 Å². The van der Waals surface area contributed by atoms with E-state index in [0.717, 1.165) is 0 Å². The van der Waals surface area contributed by atoms with Crippen LogP contribution < -0.4 is 0 Å². The highest BCUT2D eigenvalue weighted by Gasteiger charge is 1.89. The van der Waals surface area contributed by atoms with E-state index in [1.165, 1.54) is 0 Å². The third kappa shape index (κ3) is 9.66. The Morgan fingerprint density at radius 3 is 1.54 bits per heavy atom. The summed E-state index contributed by atoms with van der Waals surface area (Å²) in [6.07, 6.45) is 0. The van der Waals surface area contributed by atoms with Crippen molar-refractivity contribution in [1.82, 2.24) is 0 Å². The van der Waals surface area contributed by atoms with Gasteiger partial charge in [0.1, 0.15) is 0 Å². The lowest BCUT2D eigenvalue weighted by Crippen LogP contribution is -1.63. The molecule has 0 saturated carbocycles. The zero-order valence-electron chi connectivity index (χ0n) is 6.14. The van der Waals surface area contributed by atoms with Crippen LogP contribution >= 0.6 is 36.6 Å². The van der Waals surface area contributed by atoms with E-state index in [0.29, 0.717) is 9.92 Å². The minimum absolute atomic E-state index is 0. The van der Waals surface area contributed by atoms with E-state index in [1.54, 1.807) is 12.1 Å². The number of rotatable bonds is 0. The molecule has 1 aromatic carbocycles. The molecule has 0 heterocycles. The first kappa shape index (κ1) is 29.3. The van der Waals surface area contributed by atoms with Gasteiger partial charge in [0.15, 0.2) is 0 Å². The molecule has 0 aromatic heterocycles. The molecule has 0 fully saturated rings. The lowest BCUT2D eigenvalue weighted by atomic mass is 10.4. The Morgan fingerprint density at radius 2 is 1.31 bits per heavy atom. The maximum absolute atomic E-state index is 5.60. The number of hydrogen-bond donors (Lipinski definition) is 0. The molecule has 0 aliphatic heterocycles. The zero-order chi connectivity index (χ0) is 5.98. The maximum atomic E-state index is 5.60. The molecule has 0 amide bonds. The maximum Gasteiger partial charge on any atom is 0.0586 e. The first-order chi connectivity index (χ1) is 3.80. The van der Waals surface area contributed by atoms with Gasteiger partial charge in [-0.3, -0.25) is 18.8 Å². The molecule has 0 atom stereocenters. The van der Waals surface area contributed by atoms with E-state index in [-0.39, 0.29) is 31.2 Å². The summed E-state index contributed by atoms with van der Waals surface area (Å²) >= 11 is 10.4. The normalized spacial score (nSPS) is 5.62. The van der Waals surface area contributed by atoms with Crippen molar-refractivity contribution in [2.75, 3.05) is 0 Å². The van der Waals surface area contributed by atoms with Crippen LogP contribution in [0.15, 0.2) is 29.2 Å². The van der Waals surface area contributed by atoms with Gasteiger partial charge in [0.05, 0.1) is 9.92 Å². The summed E-state index contributed by atoms with van der Waals surface area (Å²) in [7, 11) is 0. The second kappa shape index (κ2) is 14.3. The van der Waals surface area contributed by atoms with Crippen molar-refractivity contribution >= 4 is 36.6 Å². The first-order valence-corrected chi connectivity index (χ1v) is 3.01. The molecular formula is C6H9Cl2F4S. The van der Waals surface area contributed by atoms with Crippen LogP contribution in [0.25, 0.3) is 0 Å². The molecule has 81 valence electrons. The predicted molar refractivity (Wildman–Crippen MR) is 54.6 cm³/mol. The van der Waals surface area contributed by atoms with Gasteiger partial charge in [-0.2, -0.15) is 0 Å². The summed E-state index contributed by atoms with van der Waals surface area (Å²) in [5.41, 5.74) is 0. The summed E-state index contributed by atoms with van der Waals surface area (Å²) in [5.74, 6) is 0. The highest BCUT2D eigenvalue weighted by atomic mass is 35.5. The monoisotopic (exact) mass is 259 g/mol. The molecule has 0 N–H and O–H groups in total. The van der Waals surface area contributed by atoms with Gasteiger partial charge < -0.3 is 0 Å². The highest BCUT2D eigenvalue weighted by Crippen LogP contribution is 2.17. The van der Waals surface area contributed by atoms with E-state index in [1.807, 2.05) is 12.1 Å². The fourth-order valence-electron chi connectivity index (χ4n) is 0.445. The number of hydrogen-bond acceptors (Lipinski definition) is 0. The summed E-state index contributed by atoms with van der Waals surface area (Å²) < 4.78 is 0. The topological polar surface area (TPSA) is 0 Å². The molecular weight excluding hydrogens is 251 g/mol. The van der Waals surface area contributed by atoms with Crippen LogP contribution in [0.3, 0.4) is 0 Å². The molecule has 0 nitrogen and oxygen atoms in total. The van der Waals surface area contributed by atoms with E-state index in [4.69, 9.17) is 24.2 Å². The van der Waals surface area contributed by atoms with Crippen LogP contribution in [0.5, 0.6) is 0 Å². The van der Waals surface area contributed by atoms with Gasteiger partial charge in [0.2, 0.25) is 0 Å². The van der Waals surface area contributed by atoms with E-state index >= 15 is 0 Å². The van der Waals surface area contributed by atoms with Gasteiger partial charge >= 0.3 is 0 Å². The number of halogens is 6. The highest BCUT2D eigenvalue weighted by molar-refractivity contribution is 7.80. The summed E-state index contributed by atoms with van der Waals surface area (Å²) in [5, 5.41) is 0.655. The third-order valence-corrected chi connectivity index (χ3v) is 1.63. The number of benzene rings is 1. The van der Waals surface area contributed by atoms with E-state index in [2.05, 4.69) is 0 Å². The molecule has 1 radical (unpaired) electrons.